The molecule has 25 heavy (non-hydrogen) atoms. The monoisotopic (exact) mass is 336 g/mol. The minimum Gasteiger partial charge on any atom is -0.489 e. The van der Waals surface area contributed by atoms with Gasteiger partial charge in [-0.1, -0.05) is 0 Å². The third kappa shape index (κ3) is 3.34. The number of aromatic nitrogens is 2. The number of fused-ring (bicyclic) bond motifs is 1. The van der Waals surface area contributed by atoms with Crippen LogP contribution in [0.1, 0.15) is 27.9 Å². The maximum Gasteiger partial charge on any atom is 0.248 e. The summed E-state index contributed by atoms with van der Waals surface area (Å²) in [4.78, 5) is 16.1. The quantitative estimate of drug-likeness (QED) is 0.744. The van der Waals surface area contributed by atoms with Gasteiger partial charge >= 0.3 is 0 Å². The Hall–Kier alpha value is -2.86. The van der Waals surface area contributed by atoms with E-state index in [4.69, 9.17) is 10.5 Å². The summed E-state index contributed by atoms with van der Waals surface area (Å²) in [6, 6.07) is 9.53. The smallest absolute Gasteiger partial charge is 0.248 e. The molecular formula is C19H20N4O2. The SMILES string of the molecule is NC(=O)c1ccc(OC2CCNC2)cc1Cc1ccn2ccnc2c1. The van der Waals surface area contributed by atoms with Gasteiger partial charge in [-0.25, -0.2) is 4.98 Å². The molecule has 1 aliphatic rings. The number of imidazole rings is 1. The summed E-state index contributed by atoms with van der Waals surface area (Å²) >= 11 is 0. The van der Waals surface area contributed by atoms with Crippen LogP contribution >= 0.6 is 0 Å². The highest BCUT2D eigenvalue weighted by molar-refractivity contribution is 5.94. The zero-order valence-corrected chi connectivity index (χ0v) is 13.8. The van der Waals surface area contributed by atoms with Gasteiger partial charge in [-0.3, -0.25) is 4.79 Å². The number of carbonyl (C=O) groups is 1. The molecule has 0 radical (unpaired) electrons. The van der Waals surface area contributed by atoms with Crippen LogP contribution < -0.4 is 15.8 Å². The Labute approximate surface area is 145 Å². The van der Waals surface area contributed by atoms with E-state index >= 15 is 0 Å². The van der Waals surface area contributed by atoms with Gasteiger partial charge in [0, 0.05) is 30.7 Å². The maximum atomic E-state index is 11.8. The Morgan fingerprint density at radius 2 is 2.24 bits per heavy atom. The van der Waals surface area contributed by atoms with Crippen molar-refractivity contribution in [3.05, 3.63) is 65.6 Å². The summed E-state index contributed by atoms with van der Waals surface area (Å²) in [5.41, 5.74) is 8.89. The molecule has 3 heterocycles. The first-order chi connectivity index (χ1) is 12.2. The van der Waals surface area contributed by atoms with Crippen LogP contribution in [0.25, 0.3) is 5.65 Å². The molecule has 2 aromatic heterocycles. The highest BCUT2D eigenvalue weighted by Gasteiger charge is 2.17. The van der Waals surface area contributed by atoms with E-state index in [2.05, 4.69) is 10.3 Å². The van der Waals surface area contributed by atoms with Crippen LogP contribution in [0.3, 0.4) is 0 Å². The first kappa shape index (κ1) is 15.7. The molecule has 3 N–H and O–H groups in total. The lowest BCUT2D eigenvalue weighted by Gasteiger charge is -2.15. The van der Waals surface area contributed by atoms with Crippen LogP contribution in [0.2, 0.25) is 0 Å². The van der Waals surface area contributed by atoms with Crippen molar-refractivity contribution in [3.63, 3.8) is 0 Å². The lowest BCUT2D eigenvalue weighted by atomic mass is 9.99. The lowest BCUT2D eigenvalue weighted by molar-refractivity contribution is 0.0999. The first-order valence-corrected chi connectivity index (χ1v) is 8.41. The van der Waals surface area contributed by atoms with Crippen LogP contribution in [0.5, 0.6) is 5.75 Å². The van der Waals surface area contributed by atoms with Crippen molar-refractivity contribution >= 4 is 11.6 Å². The van der Waals surface area contributed by atoms with E-state index in [0.29, 0.717) is 12.0 Å². The number of ether oxygens (including phenoxy) is 1. The topological polar surface area (TPSA) is 81.7 Å². The van der Waals surface area contributed by atoms with Crippen molar-refractivity contribution in [2.24, 2.45) is 5.73 Å². The van der Waals surface area contributed by atoms with Crippen LogP contribution in [-0.2, 0) is 6.42 Å². The summed E-state index contributed by atoms with van der Waals surface area (Å²) in [6.07, 6.45) is 7.39. The fourth-order valence-electron chi connectivity index (χ4n) is 3.23. The number of nitrogens with one attached hydrogen (secondary N) is 1. The zero-order chi connectivity index (χ0) is 17.2. The number of benzene rings is 1. The molecule has 1 aromatic carbocycles. The van der Waals surface area contributed by atoms with Crippen molar-refractivity contribution in [1.29, 1.82) is 0 Å². The molecule has 6 heteroatoms. The number of carbonyl (C=O) groups excluding carboxylic acids is 1. The lowest BCUT2D eigenvalue weighted by Crippen LogP contribution is -2.20. The van der Waals surface area contributed by atoms with Crippen molar-refractivity contribution in [2.45, 2.75) is 18.9 Å². The highest BCUT2D eigenvalue weighted by Crippen LogP contribution is 2.23. The van der Waals surface area contributed by atoms with Gasteiger partial charge in [-0.15, -0.1) is 0 Å². The molecule has 3 aromatic rings. The molecule has 6 nitrogen and oxygen atoms in total. The van der Waals surface area contributed by atoms with E-state index in [-0.39, 0.29) is 6.10 Å². The molecule has 1 fully saturated rings. The molecule has 1 saturated heterocycles. The number of primary amides is 1. The maximum absolute atomic E-state index is 11.8. The Balaban J connectivity index is 1.63. The predicted octanol–water partition coefficient (Wildman–Crippen LogP) is 1.76. The predicted molar refractivity (Wildman–Crippen MR) is 94.9 cm³/mol. The van der Waals surface area contributed by atoms with Crippen molar-refractivity contribution in [3.8, 4) is 5.75 Å². The molecule has 0 bridgehead atoms. The molecule has 128 valence electrons. The second-order valence-electron chi connectivity index (χ2n) is 6.32. The van der Waals surface area contributed by atoms with E-state index in [1.165, 1.54) is 0 Å². The largest absolute Gasteiger partial charge is 0.489 e. The summed E-state index contributed by atoms with van der Waals surface area (Å²) < 4.78 is 7.96. The number of hydrogen-bond donors (Lipinski definition) is 2. The zero-order valence-electron chi connectivity index (χ0n) is 13.8. The molecule has 1 aliphatic heterocycles. The van der Waals surface area contributed by atoms with Gasteiger partial charge < -0.3 is 20.2 Å². The van der Waals surface area contributed by atoms with Crippen molar-refractivity contribution in [2.75, 3.05) is 13.1 Å². The average molecular weight is 336 g/mol. The summed E-state index contributed by atoms with van der Waals surface area (Å²) in [7, 11) is 0. The third-order valence-electron chi connectivity index (χ3n) is 4.52. The summed E-state index contributed by atoms with van der Waals surface area (Å²) in [5, 5.41) is 3.28. The molecule has 1 amide bonds. The van der Waals surface area contributed by atoms with Gasteiger partial charge in [0.15, 0.2) is 0 Å². The second-order valence-corrected chi connectivity index (χ2v) is 6.32. The van der Waals surface area contributed by atoms with Gasteiger partial charge in [0.2, 0.25) is 5.91 Å². The molecule has 4 rings (SSSR count). The Kier molecular flexibility index (Phi) is 4.11. The fourth-order valence-corrected chi connectivity index (χ4v) is 3.23. The fraction of sp³-hybridized carbons (Fsp3) is 0.263. The molecule has 0 spiro atoms. The minimum atomic E-state index is -0.425. The van der Waals surface area contributed by atoms with Crippen LogP contribution in [-0.4, -0.2) is 34.5 Å². The van der Waals surface area contributed by atoms with Crippen LogP contribution in [0.15, 0.2) is 48.9 Å². The normalized spacial score (nSPS) is 17.0. The number of pyridine rings is 1. The highest BCUT2D eigenvalue weighted by atomic mass is 16.5. The Morgan fingerprint density at radius 3 is 3.04 bits per heavy atom. The van der Waals surface area contributed by atoms with Crippen molar-refractivity contribution in [1.82, 2.24) is 14.7 Å². The molecule has 1 unspecified atom stereocenters. The Morgan fingerprint density at radius 1 is 1.32 bits per heavy atom. The summed E-state index contributed by atoms with van der Waals surface area (Å²) in [5.74, 6) is 0.349. The van der Waals surface area contributed by atoms with E-state index < -0.39 is 5.91 Å². The molecule has 1 atom stereocenters. The van der Waals surface area contributed by atoms with Crippen LogP contribution in [0, 0.1) is 0 Å². The third-order valence-corrected chi connectivity index (χ3v) is 4.52. The Bertz CT molecular complexity index is 913. The average Bonchev–Trinajstić information content (AvgIpc) is 3.25. The van der Waals surface area contributed by atoms with Crippen molar-refractivity contribution < 1.29 is 9.53 Å². The standard InChI is InChI=1S/C19H20N4O2/c20-19(24)17-2-1-15(25-16-3-5-21-12-16)11-14(17)9-13-4-7-23-8-6-22-18(23)10-13/h1-2,4,6-8,10-11,16,21H,3,5,9,12H2,(H2,20,24). The number of nitrogens with zero attached hydrogens (tertiary/aromatic N) is 2. The van der Waals surface area contributed by atoms with Gasteiger partial charge in [0.1, 0.15) is 17.5 Å². The van der Waals surface area contributed by atoms with Crippen LogP contribution in [0.4, 0.5) is 0 Å². The molecule has 0 aliphatic carbocycles. The van der Waals surface area contributed by atoms with Gasteiger partial charge in [-0.2, -0.15) is 0 Å². The number of amides is 1. The second kappa shape index (κ2) is 6.57. The van der Waals surface area contributed by atoms with Gasteiger partial charge in [-0.05, 0) is 60.8 Å². The summed E-state index contributed by atoms with van der Waals surface area (Å²) in [6.45, 7) is 1.82. The number of rotatable bonds is 5. The van der Waals surface area contributed by atoms with E-state index in [0.717, 1.165) is 42.0 Å². The molecule has 0 saturated carbocycles. The van der Waals surface area contributed by atoms with Gasteiger partial charge in [0.05, 0.1) is 0 Å². The minimum absolute atomic E-state index is 0.175. The van der Waals surface area contributed by atoms with Gasteiger partial charge in [0.25, 0.3) is 0 Å². The van der Waals surface area contributed by atoms with E-state index in [9.17, 15) is 4.79 Å². The van der Waals surface area contributed by atoms with E-state index in [1.54, 1.807) is 12.3 Å². The first-order valence-electron chi connectivity index (χ1n) is 8.41. The number of hydrogen-bond acceptors (Lipinski definition) is 4. The van der Waals surface area contributed by atoms with E-state index in [1.807, 2.05) is 41.1 Å². The molecular weight excluding hydrogens is 316 g/mol. The number of nitrogens with two attached hydrogens (primary N) is 1.